The van der Waals surface area contributed by atoms with Crippen LogP contribution in [0.4, 0.5) is 0 Å². The monoisotopic (exact) mass is 498 g/mol. The van der Waals surface area contributed by atoms with E-state index in [1.165, 1.54) is 12.8 Å². The number of carbonyl (C=O) groups excluding carboxylic acids is 2. The van der Waals surface area contributed by atoms with Crippen LogP contribution in [0.15, 0.2) is 48.5 Å². The molecule has 2 aromatic rings. The number of fused-ring (bicyclic) bond motifs is 2. The van der Waals surface area contributed by atoms with Crippen molar-refractivity contribution >= 4 is 23.4 Å². The molecule has 0 spiro atoms. The number of para-hydroxylation sites is 1. The van der Waals surface area contributed by atoms with Crippen LogP contribution in [0.1, 0.15) is 54.4 Å². The zero-order valence-corrected chi connectivity index (χ0v) is 21.2. The molecule has 0 aliphatic carbocycles. The Bertz CT molecular complexity index is 997. The van der Waals surface area contributed by atoms with Gasteiger partial charge in [0.1, 0.15) is 18.0 Å². The van der Waals surface area contributed by atoms with Gasteiger partial charge in [-0.3, -0.25) is 9.59 Å². The Morgan fingerprint density at radius 3 is 2.43 bits per heavy atom. The van der Waals surface area contributed by atoms with Crippen LogP contribution in [-0.2, 0) is 16.0 Å². The average molecular weight is 499 g/mol. The van der Waals surface area contributed by atoms with Crippen molar-refractivity contribution in [1.29, 1.82) is 0 Å². The van der Waals surface area contributed by atoms with Gasteiger partial charge in [-0.15, -0.1) is 0 Å². The maximum absolute atomic E-state index is 13.2. The second kappa shape index (κ2) is 12.4. The minimum atomic E-state index is -0.337. The normalized spacial score (nSPS) is 22.3. The van der Waals surface area contributed by atoms with Crippen molar-refractivity contribution in [2.75, 3.05) is 33.3 Å². The van der Waals surface area contributed by atoms with E-state index in [1.807, 2.05) is 48.3 Å². The zero-order chi connectivity index (χ0) is 24.6. The Morgan fingerprint density at radius 1 is 0.943 bits per heavy atom. The summed E-state index contributed by atoms with van der Waals surface area (Å²) >= 11 is 5.98. The van der Waals surface area contributed by atoms with E-state index in [1.54, 1.807) is 17.0 Å². The Labute approximate surface area is 213 Å². The highest BCUT2D eigenvalue weighted by atomic mass is 35.5. The molecule has 2 aromatic carbocycles. The van der Waals surface area contributed by atoms with Crippen LogP contribution >= 0.6 is 11.6 Å². The minimum Gasteiger partial charge on any atom is -0.485 e. The minimum absolute atomic E-state index is 0.0296. The van der Waals surface area contributed by atoms with E-state index < -0.39 is 0 Å². The number of halogens is 1. The van der Waals surface area contributed by atoms with E-state index in [0.29, 0.717) is 42.5 Å². The molecular weight excluding hydrogens is 464 g/mol. The van der Waals surface area contributed by atoms with Crippen molar-refractivity contribution in [3.8, 4) is 5.75 Å². The van der Waals surface area contributed by atoms with Crippen LogP contribution in [0.3, 0.4) is 0 Å². The largest absolute Gasteiger partial charge is 0.485 e. The lowest BCUT2D eigenvalue weighted by Gasteiger charge is -2.24. The second-order valence-corrected chi connectivity index (χ2v) is 9.95. The molecule has 35 heavy (non-hydrogen) atoms. The van der Waals surface area contributed by atoms with Gasteiger partial charge in [-0.25, -0.2) is 0 Å². The molecule has 0 N–H and O–H groups in total. The molecule has 2 aliphatic heterocycles. The van der Waals surface area contributed by atoms with Crippen molar-refractivity contribution in [2.45, 2.75) is 57.2 Å². The summed E-state index contributed by atoms with van der Waals surface area (Å²) in [5, 5.41) is 0.651. The van der Waals surface area contributed by atoms with Gasteiger partial charge in [-0.1, -0.05) is 61.5 Å². The highest BCUT2D eigenvalue weighted by Crippen LogP contribution is 2.26. The molecule has 7 heteroatoms. The van der Waals surface area contributed by atoms with Crippen molar-refractivity contribution in [2.24, 2.45) is 0 Å². The van der Waals surface area contributed by atoms with Crippen LogP contribution in [0.5, 0.6) is 5.75 Å². The van der Waals surface area contributed by atoms with E-state index in [4.69, 9.17) is 21.1 Å². The van der Waals surface area contributed by atoms with Gasteiger partial charge < -0.3 is 19.3 Å². The molecule has 1 fully saturated rings. The summed E-state index contributed by atoms with van der Waals surface area (Å²) < 4.78 is 12.6. The molecular formula is C28H35ClN2O4. The van der Waals surface area contributed by atoms with Crippen molar-refractivity contribution in [3.63, 3.8) is 0 Å². The topological polar surface area (TPSA) is 59.1 Å². The Hall–Kier alpha value is -2.57. The Morgan fingerprint density at radius 2 is 1.63 bits per heavy atom. The predicted molar refractivity (Wildman–Crippen MR) is 137 cm³/mol. The van der Waals surface area contributed by atoms with E-state index in [2.05, 4.69) is 0 Å². The van der Waals surface area contributed by atoms with Gasteiger partial charge in [-0.05, 0) is 42.7 Å². The van der Waals surface area contributed by atoms with Gasteiger partial charge in [0.05, 0.1) is 25.1 Å². The number of carbonyl (C=O) groups is 2. The molecule has 0 bridgehead atoms. The molecule has 0 aromatic heterocycles. The zero-order valence-electron chi connectivity index (χ0n) is 20.5. The number of nitrogens with zero attached hydrogens (tertiary/aromatic N) is 2. The Balaban J connectivity index is 1.51. The molecule has 1 saturated heterocycles. The molecule has 0 saturated carbocycles. The Kier molecular flexibility index (Phi) is 9.05. The summed E-state index contributed by atoms with van der Waals surface area (Å²) in [5.74, 6) is 0.530. The third kappa shape index (κ3) is 6.98. The fraction of sp³-hybridized carbons (Fsp3) is 0.500. The lowest BCUT2D eigenvalue weighted by atomic mass is 10.1. The van der Waals surface area contributed by atoms with Gasteiger partial charge in [0.2, 0.25) is 5.91 Å². The molecule has 0 radical (unpaired) electrons. The average Bonchev–Trinajstić information content (AvgIpc) is 3.26. The van der Waals surface area contributed by atoms with Crippen LogP contribution < -0.4 is 4.74 Å². The van der Waals surface area contributed by atoms with Gasteiger partial charge in [0, 0.05) is 25.2 Å². The number of likely N-dealkylation sites (tertiary alicyclic amines) is 1. The smallest absolute Gasteiger partial charge is 0.257 e. The maximum atomic E-state index is 13.2. The summed E-state index contributed by atoms with van der Waals surface area (Å²) in [6.07, 6.45) is 6.29. The summed E-state index contributed by atoms with van der Waals surface area (Å²) in [7, 11) is 1.85. The highest BCUT2D eigenvalue weighted by molar-refractivity contribution is 6.30. The first-order valence-electron chi connectivity index (χ1n) is 12.7. The third-order valence-corrected chi connectivity index (χ3v) is 7.05. The lowest BCUT2D eigenvalue weighted by Crippen LogP contribution is -2.34. The fourth-order valence-corrected chi connectivity index (χ4v) is 4.84. The van der Waals surface area contributed by atoms with Crippen LogP contribution in [0.2, 0.25) is 5.02 Å². The second-order valence-electron chi connectivity index (χ2n) is 9.51. The predicted octanol–water partition coefficient (Wildman–Crippen LogP) is 4.98. The van der Waals surface area contributed by atoms with Gasteiger partial charge in [0.15, 0.2) is 0 Å². The standard InChI is InChI=1S/C28H35ClN2O4/c1-30-16-8-4-2-3-5-9-17-34-25-19-31(27(32)18-21-12-14-22(29)15-13-21)20-26(25)35-24-11-7-6-10-23(24)28(30)33/h6-7,10-15,25-26H,2-5,8-9,16-20H2,1H3/t25-,26-/m1/s1. The van der Waals surface area contributed by atoms with Gasteiger partial charge in [-0.2, -0.15) is 0 Å². The highest BCUT2D eigenvalue weighted by Gasteiger charge is 2.38. The van der Waals surface area contributed by atoms with E-state index in [-0.39, 0.29) is 24.0 Å². The summed E-state index contributed by atoms with van der Waals surface area (Å²) in [4.78, 5) is 29.8. The van der Waals surface area contributed by atoms with Gasteiger partial charge >= 0.3 is 0 Å². The summed E-state index contributed by atoms with van der Waals surface area (Å²) in [5.41, 5.74) is 1.47. The molecule has 2 heterocycles. The molecule has 188 valence electrons. The lowest BCUT2D eigenvalue weighted by molar-refractivity contribution is -0.130. The summed E-state index contributed by atoms with van der Waals surface area (Å²) in [6.45, 7) is 2.28. The van der Waals surface area contributed by atoms with Crippen molar-refractivity contribution < 1.29 is 19.1 Å². The molecule has 2 aliphatic rings. The molecule has 2 atom stereocenters. The van der Waals surface area contributed by atoms with E-state index in [9.17, 15) is 9.59 Å². The van der Waals surface area contributed by atoms with E-state index >= 15 is 0 Å². The first-order valence-corrected chi connectivity index (χ1v) is 13.0. The molecule has 6 nitrogen and oxygen atoms in total. The van der Waals surface area contributed by atoms with Crippen LogP contribution in [-0.4, -0.2) is 67.1 Å². The number of hydrogen-bond donors (Lipinski definition) is 0. The number of ether oxygens (including phenoxy) is 2. The van der Waals surface area contributed by atoms with E-state index in [0.717, 1.165) is 37.8 Å². The van der Waals surface area contributed by atoms with Crippen LogP contribution in [0.25, 0.3) is 0 Å². The van der Waals surface area contributed by atoms with Crippen LogP contribution in [0, 0.1) is 0 Å². The van der Waals surface area contributed by atoms with Crippen molar-refractivity contribution in [3.05, 3.63) is 64.7 Å². The van der Waals surface area contributed by atoms with Gasteiger partial charge in [0.25, 0.3) is 5.91 Å². The van der Waals surface area contributed by atoms with Crippen molar-refractivity contribution in [1.82, 2.24) is 9.80 Å². The first-order chi connectivity index (χ1) is 17.0. The SMILES string of the molecule is CN1CCCCCCCCO[C@@H]2CN(C(=O)Cc3ccc(Cl)cc3)C[C@H]2Oc2ccccc2C1=O. The summed E-state index contributed by atoms with van der Waals surface area (Å²) in [6, 6.07) is 14.7. The molecule has 2 amide bonds. The molecule has 4 rings (SSSR count). The number of rotatable bonds is 2. The number of amides is 2. The quantitative estimate of drug-likeness (QED) is 0.585. The third-order valence-electron chi connectivity index (χ3n) is 6.80. The number of benzene rings is 2. The molecule has 0 unspecified atom stereocenters. The fourth-order valence-electron chi connectivity index (χ4n) is 4.72. The number of hydrogen-bond acceptors (Lipinski definition) is 4. The first kappa shape index (κ1) is 25.5. The maximum Gasteiger partial charge on any atom is 0.257 e.